The van der Waals surface area contributed by atoms with Crippen molar-refractivity contribution in [2.75, 3.05) is 19.8 Å². The van der Waals surface area contributed by atoms with E-state index in [0.29, 0.717) is 6.61 Å². The molecule has 7 nitrogen and oxygen atoms in total. The van der Waals surface area contributed by atoms with Crippen LogP contribution in [0.5, 0.6) is 0 Å². The summed E-state index contributed by atoms with van der Waals surface area (Å²) in [5.74, 6) is 0.0912. The molecule has 0 saturated heterocycles. The molecule has 0 aliphatic carbocycles. The van der Waals surface area contributed by atoms with Gasteiger partial charge >= 0.3 is 7.82 Å². The number of rotatable bonds is 13. The molecule has 0 amide bonds. The molecule has 0 atom stereocenters. The van der Waals surface area contributed by atoms with Gasteiger partial charge in [0.15, 0.2) is 0 Å². The first kappa shape index (κ1) is 24.2. The van der Waals surface area contributed by atoms with Crippen molar-refractivity contribution >= 4 is 7.82 Å². The predicted molar refractivity (Wildman–Crippen MR) is 85.2 cm³/mol. The van der Waals surface area contributed by atoms with E-state index in [1.54, 1.807) is 0 Å². The van der Waals surface area contributed by atoms with Crippen molar-refractivity contribution in [3.05, 3.63) is 0 Å². The van der Waals surface area contributed by atoms with Crippen LogP contribution in [-0.4, -0.2) is 49.8 Å². The molecule has 0 saturated carbocycles. The summed E-state index contributed by atoms with van der Waals surface area (Å²) in [6, 6.07) is 0. The Kier molecular flexibility index (Phi) is 19.1. The fourth-order valence-corrected chi connectivity index (χ4v) is 2.02. The Labute approximate surface area is 133 Å². The van der Waals surface area contributed by atoms with E-state index in [0.717, 1.165) is 25.7 Å². The zero-order valence-electron chi connectivity index (χ0n) is 13.3. The normalized spacial score (nSPS) is 11.4. The third-order valence-electron chi connectivity index (χ3n) is 3.29. The summed E-state index contributed by atoms with van der Waals surface area (Å²) in [6.07, 6.45) is 11.8. The number of aliphatic hydroxyl groups is 3. The minimum absolute atomic E-state index is 0.0912. The topological polar surface area (TPSA) is 138 Å². The third kappa shape index (κ3) is 28.2. The first-order chi connectivity index (χ1) is 10.3. The largest absolute Gasteiger partial charge is 0.466 e. The fourth-order valence-electron chi connectivity index (χ4n) is 2.02. The minimum Gasteiger partial charge on any atom is -0.396 e. The minimum atomic E-state index is -4.64. The van der Waals surface area contributed by atoms with Gasteiger partial charge in [-0.25, -0.2) is 4.57 Å². The van der Waals surface area contributed by atoms with Crippen LogP contribution in [0.25, 0.3) is 0 Å². The van der Waals surface area contributed by atoms with Crippen LogP contribution in [0.2, 0.25) is 0 Å². The lowest BCUT2D eigenvalue weighted by molar-refractivity contribution is 0.141. The highest BCUT2D eigenvalue weighted by Gasteiger charge is 2.04. The summed E-state index contributed by atoms with van der Waals surface area (Å²) >= 11 is 0. The van der Waals surface area contributed by atoms with E-state index in [9.17, 15) is 0 Å². The number of aliphatic hydroxyl groups excluding tert-OH is 3. The molecular formula is C14H33O7P. The zero-order valence-corrected chi connectivity index (χ0v) is 14.2. The van der Waals surface area contributed by atoms with Gasteiger partial charge in [0.05, 0.1) is 0 Å². The maximum absolute atomic E-state index is 8.89. The lowest BCUT2D eigenvalue weighted by Crippen LogP contribution is -2.10. The average Bonchev–Trinajstić information content (AvgIpc) is 2.43. The summed E-state index contributed by atoms with van der Waals surface area (Å²) in [5, 5.41) is 26.4. The number of phosphoric acid groups is 1. The highest BCUT2D eigenvalue weighted by molar-refractivity contribution is 7.45. The van der Waals surface area contributed by atoms with Gasteiger partial charge in [0.2, 0.25) is 0 Å². The van der Waals surface area contributed by atoms with E-state index in [4.69, 9.17) is 34.6 Å². The Bertz CT molecular complexity index is 245. The molecule has 0 aliphatic rings. The molecular weight excluding hydrogens is 311 g/mol. The van der Waals surface area contributed by atoms with Crippen LogP contribution in [-0.2, 0) is 4.57 Å². The molecule has 0 bridgehead atoms. The van der Waals surface area contributed by atoms with Crippen LogP contribution in [0.15, 0.2) is 0 Å². The number of unbranched alkanes of at least 4 members (excludes halogenated alkanes) is 8. The van der Waals surface area contributed by atoms with Gasteiger partial charge in [-0.2, -0.15) is 0 Å². The summed E-state index contributed by atoms with van der Waals surface area (Å²) in [4.78, 5) is 21.6. The Morgan fingerprint density at radius 1 is 0.636 bits per heavy atom. The Balaban J connectivity index is 0. The van der Waals surface area contributed by atoms with Crippen molar-refractivity contribution < 1.29 is 34.6 Å². The Hall–Kier alpha value is -0.0100. The van der Waals surface area contributed by atoms with Crippen molar-refractivity contribution in [2.45, 2.75) is 64.2 Å². The highest BCUT2D eigenvalue weighted by Crippen LogP contribution is 2.25. The van der Waals surface area contributed by atoms with E-state index in [1.165, 1.54) is 38.5 Å². The fraction of sp³-hybridized carbons (Fsp3) is 1.00. The van der Waals surface area contributed by atoms with Crippen molar-refractivity contribution in [2.24, 2.45) is 5.92 Å². The monoisotopic (exact) mass is 344 g/mol. The first-order valence-electron chi connectivity index (χ1n) is 7.96. The molecule has 22 heavy (non-hydrogen) atoms. The summed E-state index contributed by atoms with van der Waals surface area (Å²) in [6.45, 7) is 0.555. The Morgan fingerprint density at radius 3 is 1.27 bits per heavy atom. The third-order valence-corrected chi connectivity index (χ3v) is 3.29. The number of hydrogen-bond donors (Lipinski definition) is 6. The van der Waals surface area contributed by atoms with Gasteiger partial charge in [-0.3, -0.25) is 0 Å². The molecule has 0 unspecified atom stereocenters. The average molecular weight is 344 g/mol. The van der Waals surface area contributed by atoms with Crippen molar-refractivity contribution in [1.29, 1.82) is 0 Å². The zero-order chi connectivity index (χ0) is 17.3. The second-order valence-corrected chi connectivity index (χ2v) is 6.47. The lowest BCUT2D eigenvalue weighted by atomic mass is 10.0. The van der Waals surface area contributed by atoms with E-state index < -0.39 is 7.82 Å². The molecule has 0 radical (unpaired) electrons. The van der Waals surface area contributed by atoms with Crippen LogP contribution < -0.4 is 0 Å². The molecule has 6 N–H and O–H groups in total. The summed E-state index contributed by atoms with van der Waals surface area (Å²) in [7, 11) is -4.64. The second kappa shape index (κ2) is 17.3. The molecule has 0 fully saturated rings. The second-order valence-electron chi connectivity index (χ2n) is 5.44. The molecule has 0 aromatic heterocycles. The van der Waals surface area contributed by atoms with Crippen LogP contribution >= 0.6 is 7.82 Å². The van der Waals surface area contributed by atoms with Crippen molar-refractivity contribution in [3.8, 4) is 0 Å². The number of hydrogen-bond acceptors (Lipinski definition) is 4. The SMILES string of the molecule is O=P(O)(O)O.OCCCCCCCCCCCC(CO)CO. The van der Waals surface area contributed by atoms with Gasteiger partial charge < -0.3 is 30.0 Å². The molecule has 0 rings (SSSR count). The smallest absolute Gasteiger partial charge is 0.396 e. The lowest BCUT2D eigenvalue weighted by Gasteiger charge is -2.09. The molecule has 0 aromatic rings. The predicted octanol–water partition coefficient (Wildman–Crippen LogP) is 1.55. The van der Waals surface area contributed by atoms with Crippen molar-refractivity contribution in [1.82, 2.24) is 0 Å². The standard InChI is InChI=1S/C14H30O3.H3O4P/c15-11-9-7-5-3-1-2-4-6-8-10-14(12-16)13-17;1-5(2,3)4/h14-17H,1-13H2;(H3,1,2,3,4). The van der Waals surface area contributed by atoms with Gasteiger partial charge in [0.1, 0.15) is 0 Å². The van der Waals surface area contributed by atoms with Gasteiger partial charge in [0, 0.05) is 25.7 Å². The van der Waals surface area contributed by atoms with Crippen molar-refractivity contribution in [3.63, 3.8) is 0 Å². The summed E-state index contributed by atoms with van der Waals surface area (Å²) in [5.41, 5.74) is 0. The van der Waals surface area contributed by atoms with E-state index in [-0.39, 0.29) is 19.1 Å². The molecule has 136 valence electrons. The van der Waals surface area contributed by atoms with E-state index >= 15 is 0 Å². The van der Waals surface area contributed by atoms with Crippen LogP contribution in [0, 0.1) is 5.92 Å². The van der Waals surface area contributed by atoms with Gasteiger partial charge in [-0.05, 0) is 12.8 Å². The maximum atomic E-state index is 8.89. The van der Waals surface area contributed by atoms with E-state index in [2.05, 4.69) is 0 Å². The maximum Gasteiger partial charge on any atom is 0.466 e. The van der Waals surface area contributed by atoms with Gasteiger partial charge in [-0.15, -0.1) is 0 Å². The highest BCUT2D eigenvalue weighted by atomic mass is 31.2. The van der Waals surface area contributed by atoms with Crippen LogP contribution in [0.3, 0.4) is 0 Å². The molecule has 0 aliphatic heterocycles. The molecule has 0 aromatic carbocycles. The van der Waals surface area contributed by atoms with Gasteiger partial charge in [-0.1, -0.05) is 51.4 Å². The Morgan fingerprint density at radius 2 is 0.955 bits per heavy atom. The summed E-state index contributed by atoms with van der Waals surface area (Å²) < 4.78 is 8.88. The van der Waals surface area contributed by atoms with Crippen LogP contribution in [0.4, 0.5) is 0 Å². The molecule has 0 heterocycles. The molecule has 8 heteroatoms. The first-order valence-corrected chi connectivity index (χ1v) is 9.52. The quantitative estimate of drug-likeness (QED) is 0.220. The van der Waals surface area contributed by atoms with Crippen LogP contribution in [0.1, 0.15) is 64.2 Å². The van der Waals surface area contributed by atoms with E-state index in [1.807, 2.05) is 0 Å². The van der Waals surface area contributed by atoms with Gasteiger partial charge in [0.25, 0.3) is 0 Å². The molecule has 0 spiro atoms.